The van der Waals surface area contributed by atoms with Gasteiger partial charge in [-0.25, -0.2) is 19.0 Å². The molecular weight excluding hydrogens is 654 g/mol. The van der Waals surface area contributed by atoms with Crippen LogP contribution < -0.4 is 10.6 Å². The SMILES string of the molecule is Cc1cc2c(nc(N3CCN(C(=O)OC(C)(C)C)CC3)n2Cc2ccc(F)c(Cl)c2)c(-c2ccc(CN)cc2)c1C.O=C(O)C(F)(F)F. The maximum absolute atomic E-state index is 14.0. The van der Waals surface area contributed by atoms with Crippen molar-refractivity contribution in [2.24, 2.45) is 5.73 Å². The summed E-state index contributed by atoms with van der Waals surface area (Å²) in [7, 11) is 0. The third kappa shape index (κ3) is 8.56. The monoisotopic (exact) mass is 691 g/mol. The van der Waals surface area contributed by atoms with Crippen molar-refractivity contribution in [3.8, 4) is 11.1 Å². The maximum atomic E-state index is 14.0. The van der Waals surface area contributed by atoms with E-state index in [0.717, 1.165) is 50.4 Å². The number of benzene rings is 3. The van der Waals surface area contributed by atoms with Gasteiger partial charge in [-0.1, -0.05) is 41.9 Å². The summed E-state index contributed by atoms with van der Waals surface area (Å²) in [5.74, 6) is -2.40. The van der Waals surface area contributed by atoms with Gasteiger partial charge in [0.05, 0.1) is 22.6 Å². The van der Waals surface area contributed by atoms with Gasteiger partial charge < -0.3 is 29.9 Å². The summed E-state index contributed by atoms with van der Waals surface area (Å²) < 4.78 is 53.5. The molecule has 0 radical (unpaired) electrons. The van der Waals surface area contributed by atoms with E-state index in [9.17, 15) is 22.4 Å². The molecule has 3 aromatic carbocycles. The fourth-order valence-corrected chi connectivity index (χ4v) is 5.47. The van der Waals surface area contributed by atoms with Crippen LogP contribution in [0.3, 0.4) is 0 Å². The second-order valence-electron chi connectivity index (χ2n) is 12.5. The molecule has 4 aromatic rings. The number of fused-ring (bicyclic) bond motifs is 1. The van der Waals surface area contributed by atoms with Gasteiger partial charge in [0.15, 0.2) is 0 Å². The number of carboxylic acids is 1. The third-order valence-corrected chi connectivity index (χ3v) is 8.09. The molecular formula is C34H38ClF4N5O4. The highest BCUT2D eigenvalue weighted by Gasteiger charge is 2.38. The fraction of sp³-hybridized carbons (Fsp3) is 0.382. The Balaban J connectivity index is 0.000000671. The molecule has 5 rings (SSSR count). The Bertz CT molecular complexity index is 1790. The molecule has 48 heavy (non-hydrogen) atoms. The van der Waals surface area contributed by atoms with Crippen LogP contribution in [0, 0.1) is 19.7 Å². The molecule has 0 saturated carbocycles. The van der Waals surface area contributed by atoms with E-state index in [4.69, 9.17) is 37.0 Å². The van der Waals surface area contributed by atoms with Crippen LogP contribution in [0.15, 0.2) is 48.5 Å². The number of rotatable bonds is 5. The number of amides is 1. The summed E-state index contributed by atoms with van der Waals surface area (Å²) in [6.07, 6.45) is -5.39. The second kappa shape index (κ2) is 14.4. The van der Waals surface area contributed by atoms with Gasteiger partial charge in [-0.05, 0) is 80.6 Å². The highest BCUT2D eigenvalue weighted by Crippen LogP contribution is 2.37. The highest BCUT2D eigenvalue weighted by atomic mass is 35.5. The molecule has 1 aliphatic heterocycles. The van der Waals surface area contributed by atoms with E-state index in [0.29, 0.717) is 39.3 Å². The number of hydrogen-bond acceptors (Lipinski definition) is 6. The van der Waals surface area contributed by atoms with Crippen molar-refractivity contribution in [2.45, 2.75) is 59.5 Å². The van der Waals surface area contributed by atoms with Gasteiger partial charge in [0.2, 0.25) is 5.95 Å². The molecule has 9 nitrogen and oxygen atoms in total. The first kappa shape index (κ1) is 36.5. The molecule has 3 N–H and O–H groups in total. The molecule has 0 unspecified atom stereocenters. The predicted molar refractivity (Wildman–Crippen MR) is 177 cm³/mol. The van der Waals surface area contributed by atoms with E-state index in [1.54, 1.807) is 17.0 Å². The molecule has 1 fully saturated rings. The van der Waals surface area contributed by atoms with Crippen molar-refractivity contribution in [1.82, 2.24) is 14.5 Å². The molecule has 14 heteroatoms. The van der Waals surface area contributed by atoms with E-state index in [1.807, 2.05) is 20.8 Å². The van der Waals surface area contributed by atoms with Crippen molar-refractivity contribution in [1.29, 1.82) is 0 Å². The normalized spacial score (nSPS) is 13.7. The number of aryl methyl sites for hydroxylation is 1. The average molecular weight is 692 g/mol. The molecule has 0 bridgehead atoms. The Labute approximate surface area is 280 Å². The summed E-state index contributed by atoms with van der Waals surface area (Å²) >= 11 is 6.16. The first-order chi connectivity index (χ1) is 22.4. The maximum Gasteiger partial charge on any atom is 0.490 e. The zero-order valence-corrected chi connectivity index (χ0v) is 28.0. The van der Waals surface area contributed by atoms with E-state index in [1.165, 1.54) is 6.07 Å². The Morgan fingerprint density at radius 1 is 0.979 bits per heavy atom. The van der Waals surface area contributed by atoms with Crippen LogP contribution in [0.2, 0.25) is 5.02 Å². The number of aromatic nitrogens is 2. The van der Waals surface area contributed by atoms with Crippen LogP contribution in [0.4, 0.5) is 28.3 Å². The second-order valence-corrected chi connectivity index (χ2v) is 12.9. The number of carbonyl (C=O) groups is 2. The molecule has 1 aromatic heterocycles. The van der Waals surface area contributed by atoms with Gasteiger partial charge >= 0.3 is 18.2 Å². The third-order valence-electron chi connectivity index (χ3n) is 7.80. The number of carbonyl (C=O) groups excluding carboxylic acids is 1. The fourth-order valence-electron chi connectivity index (χ4n) is 5.27. The Hall–Kier alpha value is -4.36. The van der Waals surface area contributed by atoms with Crippen molar-refractivity contribution in [2.75, 3.05) is 31.1 Å². The van der Waals surface area contributed by atoms with Crippen molar-refractivity contribution < 1.29 is 37.0 Å². The number of carboxylic acid groups (broad SMARTS) is 1. The standard InChI is InChI=1S/C32H37ClFN5O2.C2HF3O2/c1-20-16-27-29(28(21(20)2)24-9-6-22(18-35)7-10-24)36-30(39(27)19-23-8-11-26(34)25(33)17-23)37-12-14-38(15-13-37)31(40)41-32(3,4)5;3-2(4,5)1(6)7/h6-11,16-17H,12-15,18-19,35H2,1-5H3;(H,6,7). The van der Waals surface area contributed by atoms with Gasteiger partial charge in [-0.15, -0.1) is 0 Å². The van der Waals surface area contributed by atoms with Crippen LogP contribution in [-0.2, 0) is 22.6 Å². The summed E-state index contributed by atoms with van der Waals surface area (Å²) in [6, 6.07) is 15.3. The molecule has 0 spiro atoms. The Morgan fingerprint density at radius 3 is 2.08 bits per heavy atom. The van der Waals surface area contributed by atoms with E-state index >= 15 is 0 Å². The lowest BCUT2D eigenvalue weighted by molar-refractivity contribution is -0.192. The minimum Gasteiger partial charge on any atom is -0.475 e. The number of alkyl halides is 3. The van der Waals surface area contributed by atoms with Crippen LogP contribution in [0.5, 0.6) is 0 Å². The van der Waals surface area contributed by atoms with Crippen LogP contribution in [0.25, 0.3) is 22.2 Å². The number of imidazole rings is 1. The van der Waals surface area contributed by atoms with Crippen molar-refractivity contribution in [3.05, 3.63) is 81.6 Å². The lowest BCUT2D eigenvalue weighted by Gasteiger charge is -2.36. The minimum atomic E-state index is -5.08. The summed E-state index contributed by atoms with van der Waals surface area (Å²) in [6.45, 7) is 13.0. The first-order valence-electron chi connectivity index (χ1n) is 15.2. The van der Waals surface area contributed by atoms with Crippen LogP contribution in [0.1, 0.15) is 43.0 Å². The number of halogens is 5. The van der Waals surface area contributed by atoms with Gasteiger partial charge in [0.1, 0.15) is 11.4 Å². The number of nitrogens with zero attached hydrogens (tertiary/aromatic N) is 4. The topological polar surface area (TPSA) is 114 Å². The van der Waals surface area contributed by atoms with E-state index in [2.05, 4.69) is 53.6 Å². The molecule has 0 aliphatic carbocycles. The lowest BCUT2D eigenvalue weighted by Crippen LogP contribution is -2.50. The van der Waals surface area contributed by atoms with Crippen molar-refractivity contribution >= 4 is 40.6 Å². The molecule has 1 aliphatic rings. The van der Waals surface area contributed by atoms with E-state index < -0.39 is 23.6 Å². The lowest BCUT2D eigenvalue weighted by atomic mass is 9.94. The zero-order chi connectivity index (χ0) is 35.6. The van der Waals surface area contributed by atoms with Crippen LogP contribution >= 0.6 is 11.6 Å². The molecule has 2 heterocycles. The minimum absolute atomic E-state index is 0.0900. The van der Waals surface area contributed by atoms with E-state index in [-0.39, 0.29) is 11.1 Å². The molecule has 1 saturated heterocycles. The molecule has 0 atom stereocenters. The highest BCUT2D eigenvalue weighted by molar-refractivity contribution is 6.30. The number of anilines is 1. The summed E-state index contributed by atoms with van der Waals surface area (Å²) in [4.78, 5) is 30.8. The number of piperazine rings is 1. The van der Waals surface area contributed by atoms with Crippen LogP contribution in [-0.4, -0.2) is 69.6 Å². The average Bonchev–Trinajstić information content (AvgIpc) is 3.35. The van der Waals surface area contributed by atoms with Gasteiger partial charge in [0, 0.05) is 38.3 Å². The smallest absolute Gasteiger partial charge is 0.475 e. The largest absolute Gasteiger partial charge is 0.490 e. The predicted octanol–water partition coefficient (Wildman–Crippen LogP) is 7.31. The summed E-state index contributed by atoms with van der Waals surface area (Å²) in [5.41, 5.74) is 13.6. The van der Waals surface area contributed by atoms with Gasteiger partial charge in [-0.2, -0.15) is 13.2 Å². The summed E-state index contributed by atoms with van der Waals surface area (Å²) in [5, 5.41) is 7.21. The number of hydrogen-bond donors (Lipinski definition) is 2. The quantitative estimate of drug-likeness (QED) is 0.211. The number of aliphatic carboxylic acids is 1. The van der Waals surface area contributed by atoms with Crippen molar-refractivity contribution in [3.63, 3.8) is 0 Å². The number of ether oxygens (including phenoxy) is 1. The van der Waals surface area contributed by atoms with Gasteiger partial charge in [0.25, 0.3) is 0 Å². The first-order valence-corrected chi connectivity index (χ1v) is 15.5. The van der Waals surface area contributed by atoms with Gasteiger partial charge in [-0.3, -0.25) is 0 Å². The Morgan fingerprint density at radius 2 is 1.56 bits per heavy atom. The number of nitrogens with two attached hydrogens (primary N) is 1. The zero-order valence-electron chi connectivity index (χ0n) is 27.3. The Kier molecular flexibility index (Phi) is 10.9. The molecule has 1 amide bonds. The molecule has 258 valence electrons.